The van der Waals surface area contributed by atoms with E-state index in [0.717, 1.165) is 14.9 Å². The number of fused-ring (bicyclic) bond motifs is 1. The van der Waals surface area contributed by atoms with Gasteiger partial charge in [-0.1, -0.05) is 92.8 Å². The lowest BCUT2D eigenvalue weighted by Crippen LogP contribution is -2.69. The molecule has 3 aromatic carbocycles. The summed E-state index contributed by atoms with van der Waals surface area (Å²) in [6, 6.07) is 25.2. The molecule has 294 valence electrons. The van der Waals surface area contributed by atoms with Crippen molar-refractivity contribution in [2.75, 3.05) is 27.4 Å². The van der Waals surface area contributed by atoms with E-state index in [0.29, 0.717) is 26.7 Å². The van der Waals surface area contributed by atoms with E-state index in [-0.39, 0.29) is 25.1 Å². The Hall–Kier alpha value is -5.15. The Kier molecular flexibility index (Phi) is 11.7. The molecule has 11 nitrogen and oxygen atoms in total. The van der Waals surface area contributed by atoms with Crippen LogP contribution in [0.4, 0.5) is 4.39 Å². The van der Waals surface area contributed by atoms with Gasteiger partial charge >= 0.3 is 20.0 Å². The maximum atomic E-state index is 15.1. The first-order valence-electron chi connectivity index (χ1n) is 18.2. The topological polar surface area (TPSA) is 116 Å². The van der Waals surface area contributed by atoms with Crippen molar-refractivity contribution in [1.82, 2.24) is 18.9 Å². The fourth-order valence-corrected chi connectivity index (χ4v) is 12.9. The number of carbonyl (C=O) groups excluding carboxylic acids is 1. The quantitative estimate of drug-likeness (QED) is 0.0959. The van der Waals surface area contributed by atoms with Crippen molar-refractivity contribution in [3.05, 3.63) is 135 Å². The van der Waals surface area contributed by atoms with Crippen LogP contribution in [-0.2, 0) is 30.8 Å². The van der Waals surface area contributed by atoms with Gasteiger partial charge in [0.2, 0.25) is 0 Å². The molecule has 3 aromatic heterocycles. The molecule has 14 heteroatoms. The lowest BCUT2D eigenvalue weighted by Gasteiger charge is -2.43. The summed E-state index contributed by atoms with van der Waals surface area (Å²) in [5, 5.41) is 6.39. The second kappa shape index (κ2) is 16.1. The van der Waals surface area contributed by atoms with E-state index >= 15 is 9.59 Å². The Morgan fingerprint density at radius 2 is 1.55 bits per heavy atom. The summed E-state index contributed by atoms with van der Waals surface area (Å²) < 4.78 is 42.9. The molecule has 0 aliphatic carbocycles. The van der Waals surface area contributed by atoms with E-state index in [4.69, 9.17) is 18.6 Å². The van der Waals surface area contributed by atoms with Crippen LogP contribution in [0.1, 0.15) is 51.8 Å². The van der Waals surface area contributed by atoms with Crippen molar-refractivity contribution in [2.24, 2.45) is 0 Å². The summed E-state index contributed by atoms with van der Waals surface area (Å²) in [5.74, 6) is -0.916. The molecule has 6 aromatic rings. The predicted molar refractivity (Wildman–Crippen MR) is 219 cm³/mol. The minimum atomic E-state index is -3.47. The maximum absolute atomic E-state index is 15.1. The van der Waals surface area contributed by atoms with Crippen LogP contribution < -0.4 is 26.4 Å². The van der Waals surface area contributed by atoms with Gasteiger partial charge in [0.1, 0.15) is 33.0 Å². The van der Waals surface area contributed by atoms with Gasteiger partial charge in [0.25, 0.3) is 5.56 Å². The van der Waals surface area contributed by atoms with Crippen LogP contribution in [-0.4, -0.2) is 60.6 Å². The Bertz CT molecular complexity index is 2400. The highest BCUT2D eigenvalue weighted by Crippen LogP contribution is 2.39. The van der Waals surface area contributed by atoms with Gasteiger partial charge in [-0.3, -0.25) is 14.2 Å². The van der Waals surface area contributed by atoms with Gasteiger partial charge in [0.05, 0.1) is 32.3 Å². The normalized spacial score (nSPS) is 12.9. The monoisotopic (exact) mass is 798 g/mol. The van der Waals surface area contributed by atoms with E-state index in [2.05, 4.69) is 5.10 Å². The molecule has 0 aliphatic heterocycles. The molecule has 0 radical (unpaired) electrons. The average Bonchev–Trinajstić information content (AvgIpc) is 3.83. The molecule has 0 spiro atoms. The van der Waals surface area contributed by atoms with E-state index in [1.54, 1.807) is 30.1 Å². The first kappa shape index (κ1) is 40.5. The minimum absolute atomic E-state index is 0.108. The largest absolute Gasteiger partial charge is 0.508 e. The van der Waals surface area contributed by atoms with Crippen molar-refractivity contribution in [1.29, 1.82) is 0 Å². The van der Waals surface area contributed by atoms with Gasteiger partial charge in [-0.25, -0.2) is 18.4 Å². The SMILES string of the molecule is COCCO[C@@H](Cn1c(=O)n(C(C)(C)C(=O)O[Si](c2ccccc2)(c2ccccc2)C(C)(C)C)c(=O)c2c(C)c(-n3cccn3)sc21)c1cc(F)ccc1OC. The standard InChI is InChI=1S/C42H47FN4O7SSi/c1-28-35-36(48)47(42(5,6)39(49)54-56(41(2,3)4,30-16-11-9-12-17-30)31-18-13-10-14-19-31)40(50)45(38(35)55-37(28)46-23-15-22-44-46)27-34(53-25-24-51-7)32-26-29(43)20-21-33(32)52-8/h9-23,26,34H,24-25,27H2,1-8H3/t34-/m0/s1. The maximum Gasteiger partial charge on any atom is 0.333 e. The predicted octanol–water partition coefficient (Wildman–Crippen LogP) is 6.11. The zero-order valence-electron chi connectivity index (χ0n) is 32.9. The lowest BCUT2D eigenvalue weighted by molar-refractivity contribution is -0.144. The van der Waals surface area contributed by atoms with E-state index in [9.17, 15) is 9.18 Å². The third-order valence-electron chi connectivity index (χ3n) is 10.1. The fraction of sp³-hybridized carbons (Fsp3) is 0.333. The number of aryl methyl sites for hydroxylation is 1. The van der Waals surface area contributed by atoms with Gasteiger partial charge in [0, 0.05) is 30.6 Å². The molecule has 3 heterocycles. The number of hydrogen-bond donors (Lipinski definition) is 0. The number of nitrogens with zero attached hydrogens (tertiary/aromatic N) is 4. The number of aromatic nitrogens is 4. The van der Waals surface area contributed by atoms with Crippen LogP contribution in [0.3, 0.4) is 0 Å². The molecule has 0 saturated carbocycles. The number of benzene rings is 3. The number of hydrogen-bond acceptors (Lipinski definition) is 9. The molecule has 0 unspecified atom stereocenters. The summed E-state index contributed by atoms with van der Waals surface area (Å²) in [4.78, 5) is 45.4. The summed E-state index contributed by atoms with van der Waals surface area (Å²) in [6.45, 7) is 11.1. The summed E-state index contributed by atoms with van der Waals surface area (Å²) in [5.41, 5.74) is -2.32. The number of thiophene rings is 1. The Morgan fingerprint density at radius 1 is 0.911 bits per heavy atom. The molecule has 0 bridgehead atoms. The Labute approximate surface area is 330 Å². The van der Waals surface area contributed by atoms with Crippen LogP contribution in [0.2, 0.25) is 5.04 Å². The molecule has 0 amide bonds. The summed E-state index contributed by atoms with van der Waals surface area (Å²) in [6.07, 6.45) is 2.43. The van der Waals surface area contributed by atoms with Crippen LogP contribution in [0, 0.1) is 12.7 Å². The van der Waals surface area contributed by atoms with Crippen LogP contribution >= 0.6 is 11.3 Å². The lowest BCUT2D eigenvalue weighted by atomic mass is 10.1. The summed E-state index contributed by atoms with van der Waals surface area (Å²) in [7, 11) is -0.473. The first-order valence-corrected chi connectivity index (χ1v) is 21.0. The molecule has 0 aliphatic rings. The number of ether oxygens (including phenoxy) is 3. The highest BCUT2D eigenvalue weighted by atomic mass is 32.1. The second-order valence-electron chi connectivity index (χ2n) is 15.0. The van der Waals surface area contributed by atoms with Crippen LogP contribution in [0.15, 0.2) is 107 Å². The van der Waals surface area contributed by atoms with Crippen molar-refractivity contribution in [2.45, 2.75) is 64.8 Å². The second-order valence-corrected chi connectivity index (χ2v) is 20.2. The van der Waals surface area contributed by atoms with Crippen molar-refractivity contribution >= 4 is 46.2 Å². The van der Waals surface area contributed by atoms with Gasteiger partial charge in [-0.05, 0) is 60.4 Å². The number of methoxy groups -OCH3 is 2. The zero-order valence-corrected chi connectivity index (χ0v) is 34.7. The number of halogens is 1. The van der Waals surface area contributed by atoms with Crippen molar-refractivity contribution < 1.29 is 27.8 Å². The molecular weight excluding hydrogens is 752 g/mol. The van der Waals surface area contributed by atoms with E-state index in [1.165, 1.54) is 62.2 Å². The highest BCUT2D eigenvalue weighted by Gasteiger charge is 2.55. The number of rotatable bonds is 14. The molecule has 0 N–H and O–H groups in total. The molecule has 56 heavy (non-hydrogen) atoms. The third-order valence-corrected chi connectivity index (χ3v) is 16.3. The molecular formula is C42H47FN4O7SSi. The van der Waals surface area contributed by atoms with Gasteiger partial charge in [0.15, 0.2) is 0 Å². The van der Waals surface area contributed by atoms with Gasteiger partial charge < -0.3 is 18.6 Å². The number of carbonyl (C=O) groups is 1. The average molecular weight is 799 g/mol. The van der Waals surface area contributed by atoms with E-state index < -0.39 is 48.0 Å². The summed E-state index contributed by atoms with van der Waals surface area (Å²) >= 11 is 1.21. The smallest absolute Gasteiger partial charge is 0.333 e. The first-order chi connectivity index (χ1) is 26.7. The fourth-order valence-electron chi connectivity index (χ4n) is 7.24. The molecule has 6 rings (SSSR count). The molecule has 1 atom stereocenters. The van der Waals surface area contributed by atoms with Crippen LogP contribution in [0.25, 0.3) is 15.2 Å². The minimum Gasteiger partial charge on any atom is -0.508 e. The van der Waals surface area contributed by atoms with Gasteiger partial charge in [-0.15, -0.1) is 0 Å². The Balaban J connectivity index is 1.59. The Morgan fingerprint density at radius 3 is 2.11 bits per heavy atom. The highest BCUT2D eigenvalue weighted by molar-refractivity contribution is 7.21. The zero-order chi connectivity index (χ0) is 40.4. The van der Waals surface area contributed by atoms with E-state index in [1.807, 2.05) is 81.4 Å². The third kappa shape index (κ3) is 7.29. The van der Waals surface area contributed by atoms with Crippen molar-refractivity contribution in [3.63, 3.8) is 0 Å². The molecule has 0 fully saturated rings. The van der Waals surface area contributed by atoms with Crippen LogP contribution in [0.5, 0.6) is 5.75 Å². The van der Waals surface area contributed by atoms with Crippen molar-refractivity contribution in [3.8, 4) is 10.8 Å². The molecule has 0 saturated heterocycles. The van der Waals surface area contributed by atoms with Gasteiger partial charge in [-0.2, -0.15) is 5.10 Å².